The smallest absolute Gasteiger partial charge is 0.184 e. The number of aliphatic hydroxyl groups is 2. The van der Waals surface area contributed by atoms with E-state index >= 15 is 0 Å². The van der Waals surface area contributed by atoms with Gasteiger partial charge >= 0.3 is 0 Å². The number of anilines is 1. The Morgan fingerprint density at radius 3 is 2.94 bits per heavy atom. The Kier molecular flexibility index (Phi) is 5.09. The zero-order valence-electron chi connectivity index (χ0n) is 17.9. The molecule has 0 bridgehead atoms. The fourth-order valence-corrected chi connectivity index (χ4v) is 5.53. The van der Waals surface area contributed by atoms with E-state index in [1.54, 1.807) is 17.5 Å². The number of rotatable bonds is 5. The van der Waals surface area contributed by atoms with Gasteiger partial charge in [0.1, 0.15) is 5.65 Å². The first-order chi connectivity index (χ1) is 16.1. The molecule has 4 aromatic heterocycles. The second-order valence-electron chi connectivity index (χ2n) is 8.55. The number of nitrogens with one attached hydrogen (secondary N) is 1. The number of hydrogen-bond acceptors (Lipinski definition) is 7. The molecular formula is C24H24N6O2S. The SMILES string of the molecule is OC1CCCC(Nc2nc3ccc(Cc4cnc5cc(-n6cccn6)ccn45)cc3s2)C1O. The summed E-state index contributed by atoms with van der Waals surface area (Å²) in [6, 6.07) is 12.1. The minimum Gasteiger partial charge on any atom is -0.390 e. The van der Waals surface area contributed by atoms with Crippen molar-refractivity contribution in [2.45, 2.75) is 43.9 Å². The van der Waals surface area contributed by atoms with E-state index in [9.17, 15) is 10.2 Å². The maximum atomic E-state index is 10.3. The molecule has 1 aromatic carbocycles. The number of nitrogens with zero attached hydrogens (tertiary/aromatic N) is 5. The van der Waals surface area contributed by atoms with E-state index in [0.717, 1.165) is 51.6 Å². The quantitative estimate of drug-likeness (QED) is 0.372. The van der Waals surface area contributed by atoms with E-state index in [2.05, 4.69) is 36.9 Å². The number of pyridine rings is 1. The van der Waals surface area contributed by atoms with Crippen molar-refractivity contribution in [2.24, 2.45) is 0 Å². The van der Waals surface area contributed by atoms with Gasteiger partial charge in [-0.05, 0) is 49.1 Å². The van der Waals surface area contributed by atoms with E-state index < -0.39 is 12.2 Å². The van der Waals surface area contributed by atoms with Gasteiger partial charge in [0.25, 0.3) is 0 Å². The molecule has 1 fully saturated rings. The number of aliphatic hydroxyl groups excluding tert-OH is 2. The van der Waals surface area contributed by atoms with Gasteiger partial charge in [-0.25, -0.2) is 14.6 Å². The Hall–Kier alpha value is -3.27. The van der Waals surface area contributed by atoms with Crippen molar-refractivity contribution in [3.8, 4) is 5.69 Å². The maximum Gasteiger partial charge on any atom is 0.184 e. The summed E-state index contributed by atoms with van der Waals surface area (Å²) in [4.78, 5) is 9.27. The summed E-state index contributed by atoms with van der Waals surface area (Å²) >= 11 is 1.58. The lowest BCUT2D eigenvalue weighted by Gasteiger charge is -2.32. The molecule has 3 atom stereocenters. The van der Waals surface area contributed by atoms with E-state index in [1.807, 2.05) is 47.5 Å². The van der Waals surface area contributed by atoms with Crippen LogP contribution in [0.5, 0.6) is 0 Å². The summed E-state index contributed by atoms with van der Waals surface area (Å²) in [5.41, 5.74) is 5.09. The molecule has 1 aliphatic carbocycles. The van der Waals surface area contributed by atoms with Crippen molar-refractivity contribution < 1.29 is 10.2 Å². The normalized spacial score (nSPS) is 21.1. The van der Waals surface area contributed by atoms with Gasteiger partial charge in [0, 0.05) is 43.0 Å². The van der Waals surface area contributed by atoms with Gasteiger partial charge in [-0.15, -0.1) is 0 Å². The summed E-state index contributed by atoms with van der Waals surface area (Å²) in [6.45, 7) is 0. The van der Waals surface area contributed by atoms with Gasteiger partial charge < -0.3 is 19.9 Å². The molecule has 6 rings (SSSR count). The van der Waals surface area contributed by atoms with Crippen molar-refractivity contribution in [3.63, 3.8) is 0 Å². The first kappa shape index (κ1) is 20.3. The minimum atomic E-state index is -0.759. The second kappa shape index (κ2) is 8.26. The van der Waals surface area contributed by atoms with Crippen LogP contribution in [0.25, 0.3) is 21.6 Å². The van der Waals surface area contributed by atoms with Crippen LogP contribution in [-0.2, 0) is 6.42 Å². The van der Waals surface area contributed by atoms with Crippen LogP contribution < -0.4 is 5.32 Å². The molecule has 0 spiro atoms. The zero-order chi connectivity index (χ0) is 22.4. The summed E-state index contributed by atoms with van der Waals surface area (Å²) in [5, 5.41) is 28.6. The van der Waals surface area contributed by atoms with Crippen molar-refractivity contribution in [2.75, 3.05) is 5.32 Å². The highest BCUT2D eigenvalue weighted by molar-refractivity contribution is 7.22. The van der Waals surface area contributed by atoms with Crippen LogP contribution in [0.15, 0.2) is 61.2 Å². The van der Waals surface area contributed by atoms with Gasteiger partial charge in [0.2, 0.25) is 0 Å². The van der Waals surface area contributed by atoms with Crippen LogP contribution in [0.4, 0.5) is 5.13 Å². The lowest BCUT2D eigenvalue weighted by atomic mass is 9.90. The molecule has 0 amide bonds. The Balaban J connectivity index is 1.23. The van der Waals surface area contributed by atoms with E-state index in [0.29, 0.717) is 6.42 Å². The number of aromatic nitrogens is 5. The second-order valence-corrected chi connectivity index (χ2v) is 9.58. The lowest BCUT2D eigenvalue weighted by Crippen LogP contribution is -2.45. The molecule has 3 N–H and O–H groups in total. The van der Waals surface area contributed by atoms with Gasteiger partial charge in [0.05, 0.1) is 34.2 Å². The average Bonchev–Trinajstić information content (AvgIpc) is 3.56. The Bertz CT molecular complexity index is 1410. The largest absolute Gasteiger partial charge is 0.390 e. The predicted octanol–water partition coefficient (Wildman–Crippen LogP) is 3.41. The van der Waals surface area contributed by atoms with Crippen LogP contribution in [0, 0.1) is 0 Å². The average molecular weight is 461 g/mol. The Labute approximate surface area is 194 Å². The molecule has 0 aliphatic heterocycles. The van der Waals surface area contributed by atoms with Crippen molar-refractivity contribution in [1.82, 2.24) is 24.1 Å². The molecule has 168 valence electrons. The third kappa shape index (κ3) is 3.88. The highest BCUT2D eigenvalue weighted by Gasteiger charge is 2.30. The van der Waals surface area contributed by atoms with Crippen molar-refractivity contribution >= 4 is 32.3 Å². The van der Waals surface area contributed by atoms with Crippen LogP contribution >= 0.6 is 11.3 Å². The topological polar surface area (TPSA) is 100 Å². The zero-order valence-corrected chi connectivity index (χ0v) is 18.7. The Morgan fingerprint density at radius 2 is 2.06 bits per heavy atom. The molecule has 0 saturated heterocycles. The highest BCUT2D eigenvalue weighted by Crippen LogP contribution is 2.30. The molecule has 9 heteroatoms. The fourth-order valence-electron chi connectivity index (χ4n) is 4.54. The van der Waals surface area contributed by atoms with E-state index in [1.165, 1.54) is 5.56 Å². The monoisotopic (exact) mass is 460 g/mol. The number of imidazole rings is 1. The van der Waals surface area contributed by atoms with E-state index in [4.69, 9.17) is 0 Å². The molecule has 8 nitrogen and oxygen atoms in total. The van der Waals surface area contributed by atoms with Gasteiger partial charge in [-0.2, -0.15) is 5.10 Å². The predicted molar refractivity (Wildman–Crippen MR) is 128 cm³/mol. The summed E-state index contributed by atoms with van der Waals surface area (Å²) < 4.78 is 5.02. The molecule has 3 unspecified atom stereocenters. The molecular weight excluding hydrogens is 436 g/mol. The number of fused-ring (bicyclic) bond motifs is 2. The maximum absolute atomic E-state index is 10.3. The highest BCUT2D eigenvalue weighted by atomic mass is 32.1. The third-order valence-electron chi connectivity index (χ3n) is 6.31. The number of thiazole rings is 1. The molecule has 4 heterocycles. The number of benzene rings is 1. The van der Waals surface area contributed by atoms with Crippen molar-refractivity contribution in [1.29, 1.82) is 0 Å². The van der Waals surface area contributed by atoms with Gasteiger partial charge in [-0.1, -0.05) is 17.4 Å². The lowest BCUT2D eigenvalue weighted by molar-refractivity contribution is -0.0161. The fraction of sp³-hybridized carbons (Fsp3) is 0.292. The third-order valence-corrected chi connectivity index (χ3v) is 7.26. The van der Waals surface area contributed by atoms with E-state index in [-0.39, 0.29) is 6.04 Å². The summed E-state index contributed by atoms with van der Waals surface area (Å²) in [7, 11) is 0. The van der Waals surface area contributed by atoms with Gasteiger partial charge in [-0.3, -0.25) is 0 Å². The van der Waals surface area contributed by atoms with Crippen molar-refractivity contribution in [3.05, 3.63) is 72.4 Å². The Morgan fingerprint density at radius 1 is 1.12 bits per heavy atom. The first-order valence-electron chi connectivity index (χ1n) is 11.1. The number of hydrogen-bond donors (Lipinski definition) is 3. The molecule has 1 aliphatic rings. The molecule has 33 heavy (non-hydrogen) atoms. The minimum absolute atomic E-state index is 0.168. The van der Waals surface area contributed by atoms with Crippen LogP contribution in [0.1, 0.15) is 30.5 Å². The first-order valence-corrected chi connectivity index (χ1v) is 11.9. The molecule has 0 radical (unpaired) electrons. The van der Waals surface area contributed by atoms with Crippen LogP contribution in [-0.4, -0.2) is 52.6 Å². The summed E-state index contributed by atoms with van der Waals surface area (Å²) in [5.74, 6) is 0. The summed E-state index contributed by atoms with van der Waals surface area (Å²) in [6.07, 6.45) is 9.34. The standard InChI is InChI=1S/C24H24N6O2S/c31-20-4-1-3-19(23(20)32)28-24-27-18-6-5-15(12-21(18)33-24)11-17-14-25-22-13-16(7-10-29(17)22)30-9-2-8-26-30/h2,5-10,12-14,19-20,23,31-32H,1,3-4,11H2,(H,27,28). The van der Waals surface area contributed by atoms with Crippen LogP contribution in [0.3, 0.4) is 0 Å². The molecule has 1 saturated carbocycles. The van der Waals surface area contributed by atoms with Crippen LogP contribution in [0.2, 0.25) is 0 Å². The molecule has 5 aromatic rings. The van der Waals surface area contributed by atoms with Gasteiger partial charge in [0.15, 0.2) is 5.13 Å².